The van der Waals surface area contributed by atoms with Gasteiger partial charge in [0.05, 0.1) is 5.69 Å². The highest BCUT2D eigenvalue weighted by Gasteiger charge is 2.35. The lowest BCUT2D eigenvalue weighted by molar-refractivity contribution is -0.140. The van der Waals surface area contributed by atoms with E-state index in [1.807, 2.05) is 54.6 Å². The van der Waals surface area contributed by atoms with Crippen LogP contribution in [0.25, 0.3) is 0 Å². The molecule has 1 N–H and O–H groups in total. The molecular weight excluding hydrogens is 604 g/mol. The summed E-state index contributed by atoms with van der Waals surface area (Å²) in [5.74, 6) is -0.701. The van der Waals surface area contributed by atoms with E-state index in [0.29, 0.717) is 12.1 Å². The second-order valence-corrected chi connectivity index (χ2v) is 13.5. The lowest BCUT2D eigenvalue weighted by Gasteiger charge is -2.35. The van der Waals surface area contributed by atoms with E-state index in [-0.39, 0.29) is 18.5 Å². The van der Waals surface area contributed by atoms with Gasteiger partial charge in [0.2, 0.25) is 11.8 Å². The Hall–Kier alpha value is -3.21. The van der Waals surface area contributed by atoms with Gasteiger partial charge >= 0.3 is 10.2 Å². The van der Waals surface area contributed by atoms with E-state index in [4.69, 9.17) is 0 Å². The summed E-state index contributed by atoms with van der Waals surface area (Å²) in [6.07, 6.45) is 4.23. The number of rotatable bonds is 12. The van der Waals surface area contributed by atoms with Gasteiger partial charge in [-0.1, -0.05) is 89.4 Å². The number of carbonyl (C=O) groups is 2. The molecule has 1 atom stereocenters. The van der Waals surface area contributed by atoms with E-state index in [2.05, 4.69) is 21.2 Å². The van der Waals surface area contributed by atoms with Gasteiger partial charge in [-0.25, -0.2) is 4.31 Å². The highest BCUT2D eigenvalue weighted by Crippen LogP contribution is 2.23. The van der Waals surface area contributed by atoms with Crippen LogP contribution in [0.4, 0.5) is 5.69 Å². The number of nitrogens with one attached hydrogen (secondary N) is 1. The lowest BCUT2D eigenvalue weighted by atomic mass is 10.0. The summed E-state index contributed by atoms with van der Waals surface area (Å²) in [5, 5.41) is 3.18. The van der Waals surface area contributed by atoms with Crippen LogP contribution < -0.4 is 9.62 Å². The van der Waals surface area contributed by atoms with Gasteiger partial charge in [-0.15, -0.1) is 0 Å². The summed E-state index contributed by atoms with van der Waals surface area (Å²) in [4.78, 5) is 29.7. The highest BCUT2D eigenvalue weighted by atomic mass is 79.9. The van der Waals surface area contributed by atoms with E-state index in [0.717, 1.165) is 49.9 Å². The number of halogens is 1. The van der Waals surface area contributed by atoms with Gasteiger partial charge in [0.15, 0.2) is 0 Å². The van der Waals surface area contributed by atoms with Gasteiger partial charge in [0.1, 0.15) is 12.6 Å². The second-order valence-electron chi connectivity index (χ2n) is 10.5. The van der Waals surface area contributed by atoms with E-state index in [1.165, 1.54) is 19.0 Å². The van der Waals surface area contributed by atoms with Crippen LogP contribution in [0.15, 0.2) is 89.4 Å². The third-order valence-corrected chi connectivity index (χ3v) is 9.59. The molecule has 8 nitrogen and oxygen atoms in total. The van der Waals surface area contributed by atoms with Crippen molar-refractivity contribution >= 4 is 43.6 Å². The average Bonchev–Trinajstić information content (AvgIpc) is 3.47. The maximum absolute atomic E-state index is 14.3. The normalized spacial score (nSPS) is 14.5. The molecule has 41 heavy (non-hydrogen) atoms. The largest absolute Gasteiger partial charge is 0.352 e. The second kappa shape index (κ2) is 14.1. The Balaban J connectivity index is 1.74. The van der Waals surface area contributed by atoms with Gasteiger partial charge in [0, 0.05) is 37.6 Å². The summed E-state index contributed by atoms with van der Waals surface area (Å²) in [6, 6.07) is 24.9. The first-order chi connectivity index (χ1) is 19.6. The topological polar surface area (TPSA) is 90.0 Å². The predicted octanol–water partition coefficient (Wildman–Crippen LogP) is 4.76. The smallest absolute Gasteiger partial charge is 0.304 e. The first-order valence-electron chi connectivity index (χ1n) is 13.8. The van der Waals surface area contributed by atoms with Crippen LogP contribution in [0.2, 0.25) is 0 Å². The van der Waals surface area contributed by atoms with Crippen LogP contribution in [0.1, 0.15) is 36.8 Å². The molecule has 0 saturated heterocycles. The maximum Gasteiger partial charge on any atom is 0.304 e. The molecule has 0 bridgehead atoms. The fourth-order valence-corrected chi connectivity index (χ4v) is 6.57. The van der Waals surface area contributed by atoms with Gasteiger partial charge in [-0.2, -0.15) is 12.7 Å². The molecule has 3 aromatic rings. The van der Waals surface area contributed by atoms with Crippen LogP contribution in [0.5, 0.6) is 0 Å². The number of benzene rings is 3. The average molecular weight is 642 g/mol. The molecule has 0 radical (unpaired) electrons. The molecule has 0 aromatic heterocycles. The zero-order valence-electron chi connectivity index (χ0n) is 23.4. The Kier molecular flexibility index (Phi) is 10.6. The molecule has 0 aliphatic heterocycles. The minimum absolute atomic E-state index is 0.0681. The first kappa shape index (κ1) is 30.7. The molecule has 0 spiro atoms. The fraction of sp³-hybridized carbons (Fsp3) is 0.355. The van der Waals surface area contributed by atoms with Crippen molar-refractivity contribution in [1.82, 2.24) is 14.5 Å². The monoisotopic (exact) mass is 640 g/mol. The van der Waals surface area contributed by atoms with Crippen molar-refractivity contribution in [3.8, 4) is 0 Å². The van der Waals surface area contributed by atoms with E-state index < -0.39 is 28.7 Å². The SMILES string of the molecule is CN(C)S(=O)(=O)N(CC(=O)N(Cc1cccc(Br)c1)[C@H](Cc1ccccc1)C(=O)NC1CCCC1)c1ccccc1. The molecule has 4 rings (SSSR count). The molecule has 10 heteroatoms. The van der Waals surface area contributed by atoms with Crippen LogP contribution in [0, 0.1) is 0 Å². The van der Waals surface area contributed by atoms with E-state index >= 15 is 0 Å². The number of hydrogen-bond donors (Lipinski definition) is 1. The molecule has 3 aromatic carbocycles. The van der Waals surface area contributed by atoms with Crippen molar-refractivity contribution in [3.05, 3.63) is 101 Å². The summed E-state index contributed by atoms with van der Waals surface area (Å²) in [5.41, 5.74) is 2.10. The minimum Gasteiger partial charge on any atom is -0.352 e. The third-order valence-electron chi connectivity index (χ3n) is 7.28. The van der Waals surface area contributed by atoms with Crippen LogP contribution in [-0.4, -0.2) is 62.2 Å². The molecule has 1 saturated carbocycles. The van der Waals surface area contributed by atoms with E-state index in [9.17, 15) is 18.0 Å². The summed E-state index contributed by atoms with van der Waals surface area (Å²) < 4.78 is 29.8. The number of hydrogen-bond acceptors (Lipinski definition) is 4. The van der Waals surface area contributed by atoms with Gasteiger partial charge in [-0.3, -0.25) is 9.59 Å². The number of nitrogens with zero attached hydrogens (tertiary/aromatic N) is 3. The molecule has 0 heterocycles. The van der Waals surface area contributed by atoms with Crippen molar-refractivity contribution in [1.29, 1.82) is 0 Å². The number of amides is 2. The van der Waals surface area contributed by atoms with E-state index in [1.54, 1.807) is 30.3 Å². The van der Waals surface area contributed by atoms with Crippen molar-refractivity contribution in [3.63, 3.8) is 0 Å². The third kappa shape index (κ3) is 8.18. The van der Waals surface area contributed by atoms with Crippen molar-refractivity contribution in [2.45, 2.75) is 50.7 Å². The molecule has 0 unspecified atom stereocenters. The quantitative estimate of drug-likeness (QED) is 0.309. The highest BCUT2D eigenvalue weighted by molar-refractivity contribution is 9.10. The Morgan fingerprint density at radius 2 is 1.51 bits per heavy atom. The summed E-state index contributed by atoms with van der Waals surface area (Å²) in [7, 11) is -1.15. The number of carbonyl (C=O) groups excluding carboxylic acids is 2. The molecular formula is C31H37BrN4O4S. The molecule has 1 fully saturated rings. The fourth-order valence-electron chi connectivity index (χ4n) is 5.06. The minimum atomic E-state index is -4.01. The van der Waals surface area contributed by atoms with Crippen molar-refractivity contribution < 1.29 is 18.0 Å². The zero-order chi connectivity index (χ0) is 29.4. The summed E-state index contributed by atoms with van der Waals surface area (Å²) in [6.45, 7) is -0.320. The number of para-hydroxylation sites is 1. The Morgan fingerprint density at radius 3 is 2.12 bits per heavy atom. The summed E-state index contributed by atoms with van der Waals surface area (Å²) >= 11 is 3.50. The molecule has 218 valence electrons. The Labute approximate surface area is 251 Å². The maximum atomic E-state index is 14.3. The first-order valence-corrected chi connectivity index (χ1v) is 16.0. The van der Waals surface area contributed by atoms with Crippen molar-refractivity contribution in [2.75, 3.05) is 24.9 Å². The zero-order valence-corrected chi connectivity index (χ0v) is 25.9. The predicted molar refractivity (Wildman–Crippen MR) is 165 cm³/mol. The Bertz CT molecular complexity index is 1410. The molecule has 2 amide bonds. The van der Waals surface area contributed by atoms with Gasteiger partial charge in [-0.05, 0) is 48.2 Å². The molecule has 1 aliphatic carbocycles. The standard InChI is InChI=1S/C31H37BrN4O4S/c1-34(2)41(39,40)36(28-18-7-4-8-19-28)23-30(37)35(22-25-14-11-15-26(32)20-25)29(21-24-12-5-3-6-13-24)31(38)33-27-16-9-10-17-27/h3-8,11-15,18-20,27,29H,9-10,16-17,21-23H2,1-2H3,(H,33,38)/t29-/m1/s1. The molecule has 1 aliphatic rings. The van der Waals surface area contributed by atoms with Crippen LogP contribution >= 0.6 is 15.9 Å². The van der Waals surface area contributed by atoms with Crippen molar-refractivity contribution in [2.24, 2.45) is 0 Å². The lowest BCUT2D eigenvalue weighted by Crippen LogP contribution is -2.55. The Morgan fingerprint density at radius 1 is 0.902 bits per heavy atom. The number of anilines is 1. The van der Waals surface area contributed by atoms with Gasteiger partial charge < -0.3 is 10.2 Å². The van der Waals surface area contributed by atoms with Gasteiger partial charge in [0.25, 0.3) is 0 Å². The van der Waals surface area contributed by atoms with Crippen LogP contribution in [-0.2, 0) is 32.8 Å². The van der Waals surface area contributed by atoms with Crippen LogP contribution in [0.3, 0.4) is 0 Å².